The highest BCUT2D eigenvalue weighted by atomic mass is 16.1. The van der Waals surface area contributed by atoms with Crippen molar-refractivity contribution in [2.45, 2.75) is 39.5 Å². The van der Waals surface area contributed by atoms with Gasteiger partial charge in [-0.2, -0.15) is 14.6 Å². The molecule has 2 aromatic carbocycles. The van der Waals surface area contributed by atoms with Crippen molar-refractivity contribution < 1.29 is 4.79 Å². The minimum Gasteiger partial charge on any atom is -0.356 e. The number of nitrogens with zero attached hydrogens (tertiary/aromatic N) is 5. The molecular formula is C27H30N6O. The van der Waals surface area contributed by atoms with Crippen LogP contribution in [0.4, 0.5) is 11.5 Å². The number of anilines is 2. The number of benzene rings is 2. The summed E-state index contributed by atoms with van der Waals surface area (Å²) < 4.78 is 1.79. The van der Waals surface area contributed by atoms with Gasteiger partial charge in [-0.05, 0) is 36.8 Å². The summed E-state index contributed by atoms with van der Waals surface area (Å²) in [6.45, 7) is 5.82. The molecule has 1 amide bonds. The molecule has 0 spiro atoms. The van der Waals surface area contributed by atoms with Crippen LogP contribution in [-0.2, 0) is 17.6 Å². The number of fused-ring (bicyclic) bond motifs is 1. The fraction of sp³-hybridized carbons (Fsp3) is 0.333. The summed E-state index contributed by atoms with van der Waals surface area (Å²) in [5.74, 6) is 1.66. The van der Waals surface area contributed by atoms with Crippen LogP contribution in [0.5, 0.6) is 0 Å². The molecule has 34 heavy (non-hydrogen) atoms. The number of carbonyl (C=O) groups excluding carboxylic acids is 1. The van der Waals surface area contributed by atoms with E-state index in [1.54, 1.807) is 4.52 Å². The summed E-state index contributed by atoms with van der Waals surface area (Å²) >= 11 is 0. The number of aryl methyl sites for hydroxylation is 2. The maximum atomic E-state index is 13.2. The standard InChI is InChI=1S/C27H30N6O/c1-3-19-11-8-12-20(4-2)25(19)31-26(34)22-13-15-32(16-14-22)24-17-23(21-9-6-5-7-10-21)30-27-28-18-29-33(24)27/h5-12,17-18,22H,3-4,13-16H2,1-2H3,(H,31,34). The van der Waals surface area contributed by atoms with Gasteiger partial charge in [-0.25, -0.2) is 4.98 Å². The molecule has 0 bridgehead atoms. The Bertz CT molecular complexity index is 1270. The average Bonchev–Trinajstić information content (AvgIpc) is 3.37. The molecule has 2 aromatic heterocycles. The fourth-order valence-electron chi connectivity index (χ4n) is 4.78. The van der Waals surface area contributed by atoms with E-state index in [0.717, 1.165) is 61.5 Å². The Hall–Kier alpha value is -3.74. The zero-order valence-corrected chi connectivity index (χ0v) is 19.7. The maximum absolute atomic E-state index is 13.2. The zero-order chi connectivity index (χ0) is 23.5. The Morgan fingerprint density at radius 1 is 1.00 bits per heavy atom. The smallest absolute Gasteiger partial charge is 0.254 e. The van der Waals surface area contributed by atoms with Gasteiger partial charge in [0.25, 0.3) is 5.78 Å². The second-order valence-corrected chi connectivity index (χ2v) is 8.75. The van der Waals surface area contributed by atoms with Gasteiger partial charge in [0.05, 0.1) is 5.69 Å². The summed E-state index contributed by atoms with van der Waals surface area (Å²) in [4.78, 5) is 24.5. The normalized spacial score (nSPS) is 14.5. The fourth-order valence-corrected chi connectivity index (χ4v) is 4.78. The van der Waals surface area contributed by atoms with Gasteiger partial charge < -0.3 is 10.2 Å². The number of nitrogens with one attached hydrogen (secondary N) is 1. The van der Waals surface area contributed by atoms with Crippen molar-refractivity contribution in [2.24, 2.45) is 5.92 Å². The molecule has 0 unspecified atom stereocenters. The molecule has 1 N–H and O–H groups in total. The van der Waals surface area contributed by atoms with E-state index in [4.69, 9.17) is 0 Å². The monoisotopic (exact) mass is 454 g/mol. The van der Waals surface area contributed by atoms with Crippen LogP contribution in [0.1, 0.15) is 37.8 Å². The summed E-state index contributed by atoms with van der Waals surface area (Å²) in [5, 5.41) is 7.67. The predicted molar refractivity (Wildman–Crippen MR) is 135 cm³/mol. The lowest BCUT2D eigenvalue weighted by molar-refractivity contribution is -0.120. The zero-order valence-electron chi connectivity index (χ0n) is 19.7. The Morgan fingerprint density at radius 3 is 2.38 bits per heavy atom. The molecule has 7 nitrogen and oxygen atoms in total. The summed E-state index contributed by atoms with van der Waals surface area (Å²) in [7, 11) is 0. The lowest BCUT2D eigenvalue weighted by Gasteiger charge is -2.33. The van der Waals surface area contributed by atoms with Crippen LogP contribution in [0.2, 0.25) is 0 Å². The molecule has 1 fully saturated rings. The SMILES string of the molecule is CCc1cccc(CC)c1NC(=O)C1CCN(c2cc(-c3ccccc3)nc3ncnn23)CC1. The second-order valence-electron chi connectivity index (χ2n) is 8.75. The first kappa shape index (κ1) is 22.1. The lowest BCUT2D eigenvalue weighted by Crippen LogP contribution is -2.39. The minimum atomic E-state index is -0.00691. The van der Waals surface area contributed by atoms with Crippen molar-refractivity contribution in [1.82, 2.24) is 19.6 Å². The highest BCUT2D eigenvalue weighted by molar-refractivity contribution is 5.94. The van der Waals surface area contributed by atoms with Crippen LogP contribution >= 0.6 is 0 Å². The molecule has 4 aromatic rings. The Morgan fingerprint density at radius 2 is 1.71 bits per heavy atom. The molecule has 0 radical (unpaired) electrons. The number of aromatic nitrogens is 4. The van der Waals surface area contributed by atoms with Crippen molar-refractivity contribution in [3.05, 3.63) is 72.1 Å². The molecular weight excluding hydrogens is 424 g/mol. The largest absolute Gasteiger partial charge is 0.356 e. The van der Waals surface area contributed by atoms with Gasteiger partial charge >= 0.3 is 0 Å². The summed E-state index contributed by atoms with van der Waals surface area (Å²) in [6.07, 6.45) is 4.93. The topological polar surface area (TPSA) is 75.4 Å². The Kier molecular flexibility index (Phi) is 6.25. The number of hydrogen-bond acceptors (Lipinski definition) is 5. The first-order valence-corrected chi connectivity index (χ1v) is 12.1. The molecule has 1 aliphatic heterocycles. The third kappa shape index (κ3) is 4.25. The third-order valence-electron chi connectivity index (χ3n) is 6.74. The summed E-state index contributed by atoms with van der Waals surface area (Å²) in [6, 6.07) is 18.5. The molecule has 5 rings (SSSR count). The lowest BCUT2D eigenvalue weighted by atomic mass is 9.95. The number of carbonyl (C=O) groups is 1. The van der Waals surface area contributed by atoms with Crippen LogP contribution in [-0.4, -0.2) is 38.6 Å². The summed E-state index contributed by atoms with van der Waals surface area (Å²) in [5.41, 5.74) is 5.32. The molecule has 0 saturated carbocycles. The van der Waals surface area contributed by atoms with E-state index in [0.29, 0.717) is 5.78 Å². The van der Waals surface area contributed by atoms with Crippen LogP contribution in [0, 0.1) is 5.92 Å². The molecule has 0 atom stereocenters. The number of amides is 1. The van der Waals surface area contributed by atoms with Crippen LogP contribution in [0.15, 0.2) is 60.9 Å². The predicted octanol–water partition coefficient (Wildman–Crippen LogP) is 4.77. The highest BCUT2D eigenvalue weighted by Gasteiger charge is 2.27. The third-order valence-corrected chi connectivity index (χ3v) is 6.74. The van der Waals surface area contributed by atoms with Gasteiger partial charge in [0.15, 0.2) is 0 Å². The Labute approximate surface area is 199 Å². The number of hydrogen-bond donors (Lipinski definition) is 1. The van der Waals surface area contributed by atoms with Crippen molar-refractivity contribution in [3.63, 3.8) is 0 Å². The molecule has 1 aliphatic rings. The van der Waals surface area contributed by atoms with Crippen molar-refractivity contribution >= 4 is 23.2 Å². The van der Waals surface area contributed by atoms with E-state index in [1.165, 1.54) is 17.5 Å². The Balaban J connectivity index is 1.33. The van der Waals surface area contributed by atoms with Gasteiger partial charge in [0.1, 0.15) is 12.1 Å². The number of rotatable bonds is 6. The molecule has 3 heterocycles. The van der Waals surface area contributed by atoms with E-state index in [1.807, 2.05) is 30.3 Å². The van der Waals surface area contributed by atoms with E-state index < -0.39 is 0 Å². The first-order chi connectivity index (χ1) is 16.7. The molecule has 174 valence electrons. The van der Waals surface area contributed by atoms with E-state index in [-0.39, 0.29) is 11.8 Å². The van der Waals surface area contributed by atoms with Crippen molar-refractivity contribution in [2.75, 3.05) is 23.3 Å². The van der Waals surface area contributed by atoms with E-state index >= 15 is 0 Å². The quantitative estimate of drug-likeness (QED) is 0.454. The molecule has 1 saturated heterocycles. The van der Waals surface area contributed by atoms with E-state index in [9.17, 15) is 4.79 Å². The minimum absolute atomic E-state index is 0.00691. The van der Waals surface area contributed by atoms with Gasteiger partial charge in [-0.1, -0.05) is 62.4 Å². The van der Waals surface area contributed by atoms with Crippen LogP contribution in [0.25, 0.3) is 17.0 Å². The number of para-hydroxylation sites is 1. The van der Waals surface area contributed by atoms with Crippen molar-refractivity contribution in [1.29, 1.82) is 0 Å². The highest BCUT2D eigenvalue weighted by Crippen LogP contribution is 2.29. The van der Waals surface area contributed by atoms with Gasteiger partial charge in [0, 0.05) is 36.3 Å². The van der Waals surface area contributed by atoms with E-state index in [2.05, 4.69) is 63.4 Å². The van der Waals surface area contributed by atoms with Crippen molar-refractivity contribution in [3.8, 4) is 11.3 Å². The van der Waals surface area contributed by atoms with Gasteiger partial charge in [-0.15, -0.1) is 0 Å². The van der Waals surface area contributed by atoms with Gasteiger partial charge in [-0.3, -0.25) is 4.79 Å². The van der Waals surface area contributed by atoms with Gasteiger partial charge in [0.2, 0.25) is 5.91 Å². The number of piperidine rings is 1. The van der Waals surface area contributed by atoms with Crippen LogP contribution < -0.4 is 10.2 Å². The first-order valence-electron chi connectivity index (χ1n) is 12.1. The van der Waals surface area contributed by atoms with Crippen LogP contribution in [0.3, 0.4) is 0 Å². The second kappa shape index (κ2) is 9.63. The molecule has 0 aliphatic carbocycles. The maximum Gasteiger partial charge on any atom is 0.254 e. The molecule has 7 heteroatoms. The average molecular weight is 455 g/mol.